The van der Waals surface area contributed by atoms with Crippen molar-refractivity contribution in [2.24, 2.45) is 0 Å². The van der Waals surface area contributed by atoms with Crippen LogP contribution in [0.3, 0.4) is 0 Å². The van der Waals surface area contributed by atoms with Crippen LogP contribution in [0.25, 0.3) is 6.08 Å². The Balaban J connectivity index is 2.16. The Morgan fingerprint density at radius 1 is 1.17 bits per heavy atom. The van der Waals surface area contributed by atoms with E-state index < -0.39 is 4.92 Å². The fourth-order valence-electron chi connectivity index (χ4n) is 1.94. The van der Waals surface area contributed by atoms with Gasteiger partial charge in [0.1, 0.15) is 0 Å². The van der Waals surface area contributed by atoms with Crippen LogP contribution in [0.5, 0.6) is 0 Å². The Morgan fingerprint density at radius 3 is 2.35 bits per heavy atom. The van der Waals surface area contributed by atoms with Gasteiger partial charge >= 0.3 is 0 Å². The Labute approximate surface area is 139 Å². The van der Waals surface area contributed by atoms with E-state index in [1.54, 1.807) is 6.08 Å². The molecule has 23 heavy (non-hydrogen) atoms. The summed E-state index contributed by atoms with van der Waals surface area (Å²) in [7, 11) is 3.83. The van der Waals surface area contributed by atoms with E-state index in [9.17, 15) is 14.9 Å². The molecule has 0 unspecified atom stereocenters. The quantitative estimate of drug-likeness (QED) is 0.356. The molecule has 0 fully saturated rings. The molecule has 2 rings (SSSR count). The van der Waals surface area contributed by atoms with Gasteiger partial charge in [0.25, 0.3) is 5.69 Å². The molecular formula is C17H15ClN2O3. The molecule has 0 aliphatic carbocycles. The van der Waals surface area contributed by atoms with Crippen molar-refractivity contribution in [2.45, 2.75) is 0 Å². The summed E-state index contributed by atoms with van der Waals surface area (Å²) in [5.74, 6) is -0.243. The summed E-state index contributed by atoms with van der Waals surface area (Å²) >= 11 is 6.19. The minimum atomic E-state index is -0.504. The van der Waals surface area contributed by atoms with Gasteiger partial charge in [-0.05, 0) is 42.0 Å². The molecule has 6 heteroatoms. The van der Waals surface area contributed by atoms with Crippen molar-refractivity contribution in [3.05, 3.63) is 74.8 Å². The summed E-state index contributed by atoms with van der Waals surface area (Å²) in [4.78, 5) is 24.1. The number of nitro groups is 1. The van der Waals surface area contributed by atoms with E-state index in [2.05, 4.69) is 0 Å². The van der Waals surface area contributed by atoms with E-state index >= 15 is 0 Å². The smallest absolute Gasteiger partial charge is 0.269 e. The summed E-state index contributed by atoms with van der Waals surface area (Å²) in [6.45, 7) is 0. The molecule has 0 amide bonds. The lowest BCUT2D eigenvalue weighted by molar-refractivity contribution is -0.384. The number of hydrogen-bond donors (Lipinski definition) is 0. The number of carbonyl (C=O) groups is 1. The molecule has 0 aromatic heterocycles. The molecule has 2 aromatic rings. The molecule has 2 aromatic carbocycles. The molecule has 5 nitrogen and oxygen atoms in total. The number of ketones is 1. The highest BCUT2D eigenvalue weighted by molar-refractivity contribution is 6.32. The Morgan fingerprint density at radius 2 is 1.83 bits per heavy atom. The van der Waals surface area contributed by atoms with Crippen LogP contribution in [0.4, 0.5) is 11.4 Å². The lowest BCUT2D eigenvalue weighted by atomic mass is 10.1. The summed E-state index contributed by atoms with van der Waals surface area (Å²) in [5, 5.41) is 11.1. The minimum Gasteiger partial charge on any atom is -0.378 e. The summed E-state index contributed by atoms with van der Waals surface area (Å²) < 4.78 is 0. The molecule has 0 radical (unpaired) electrons. The van der Waals surface area contributed by atoms with Gasteiger partial charge in [-0.3, -0.25) is 14.9 Å². The summed E-state index contributed by atoms with van der Waals surface area (Å²) in [6.07, 6.45) is 3.03. The first-order valence-electron chi connectivity index (χ1n) is 6.82. The molecule has 0 saturated carbocycles. The van der Waals surface area contributed by atoms with Crippen LogP contribution in [-0.4, -0.2) is 24.8 Å². The first-order chi connectivity index (χ1) is 10.9. The minimum absolute atomic E-state index is 0.0483. The van der Waals surface area contributed by atoms with Crippen molar-refractivity contribution in [3.63, 3.8) is 0 Å². The van der Waals surface area contributed by atoms with Gasteiger partial charge in [0, 0.05) is 42.5 Å². The van der Waals surface area contributed by atoms with E-state index in [1.807, 2.05) is 37.2 Å². The van der Waals surface area contributed by atoms with Crippen LogP contribution >= 0.6 is 11.6 Å². The van der Waals surface area contributed by atoms with E-state index in [0.717, 1.165) is 11.3 Å². The van der Waals surface area contributed by atoms with Crippen LogP contribution in [0.1, 0.15) is 15.9 Å². The van der Waals surface area contributed by atoms with Crippen molar-refractivity contribution < 1.29 is 9.72 Å². The highest BCUT2D eigenvalue weighted by Gasteiger charge is 2.07. The van der Waals surface area contributed by atoms with Crippen LogP contribution in [0.15, 0.2) is 48.5 Å². The summed E-state index contributed by atoms with van der Waals surface area (Å²) in [5.41, 5.74) is 2.03. The third-order valence-corrected chi connectivity index (χ3v) is 3.60. The first kappa shape index (κ1) is 16.7. The van der Waals surface area contributed by atoms with Gasteiger partial charge in [0.2, 0.25) is 0 Å². The Hall–Kier alpha value is -2.66. The third kappa shape index (κ3) is 4.17. The number of carbonyl (C=O) groups excluding carboxylic acids is 1. The lowest BCUT2D eigenvalue weighted by Crippen LogP contribution is -2.08. The second-order valence-corrected chi connectivity index (χ2v) is 5.51. The molecule has 0 heterocycles. The van der Waals surface area contributed by atoms with Crippen molar-refractivity contribution in [1.82, 2.24) is 0 Å². The van der Waals surface area contributed by atoms with Crippen LogP contribution in [0.2, 0.25) is 5.02 Å². The first-order valence-corrected chi connectivity index (χ1v) is 7.20. The van der Waals surface area contributed by atoms with Gasteiger partial charge in [0.05, 0.1) is 4.92 Å². The molecule has 0 atom stereocenters. The van der Waals surface area contributed by atoms with Gasteiger partial charge in [-0.1, -0.05) is 17.7 Å². The zero-order valence-corrected chi connectivity index (χ0v) is 13.4. The van der Waals surface area contributed by atoms with Crippen LogP contribution in [-0.2, 0) is 0 Å². The maximum absolute atomic E-state index is 12.1. The van der Waals surface area contributed by atoms with E-state index in [0.29, 0.717) is 10.6 Å². The SMILES string of the molecule is CN(C)c1ccc(C=CC(=O)c2ccc([N+](=O)[O-])cc2)c(Cl)c1. The topological polar surface area (TPSA) is 63.5 Å². The van der Waals surface area contributed by atoms with E-state index in [4.69, 9.17) is 11.6 Å². The third-order valence-electron chi connectivity index (χ3n) is 3.28. The second kappa shape index (κ2) is 7.07. The van der Waals surface area contributed by atoms with Crippen LogP contribution < -0.4 is 4.90 Å². The maximum Gasteiger partial charge on any atom is 0.269 e. The zero-order valence-electron chi connectivity index (χ0n) is 12.7. The van der Waals surface area contributed by atoms with Gasteiger partial charge in [-0.25, -0.2) is 0 Å². The standard InChI is InChI=1S/C17H15ClN2O3/c1-19(2)15-9-3-12(16(18)11-15)6-10-17(21)13-4-7-14(8-5-13)20(22)23/h3-11H,1-2H3. The molecule has 0 aliphatic rings. The highest BCUT2D eigenvalue weighted by atomic mass is 35.5. The number of nitrogens with zero attached hydrogens (tertiary/aromatic N) is 2. The van der Waals surface area contributed by atoms with E-state index in [-0.39, 0.29) is 11.5 Å². The number of non-ortho nitro benzene ring substituents is 1. The van der Waals surface area contributed by atoms with Crippen molar-refractivity contribution in [3.8, 4) is 0 Å². The molecular weight excluding hydrogens is 316 g/mol. The van der Waals surface area contributed by atoms with Crippen molar-refractivity contribution >= 4 is 34.8 Å². The Kier molecular flexibility index (Phi) is 5.13. The van der Waals surface area contributed by atoms with E-state index in [1.165, 1.54) is 30.3 Å². The number of hydrogen-bond acceptors (Lipinski definition) is 4. The molecule has 0 spiro atoms. The van der Waals surface area contributed by atoms with Crippen LogP contribution in [0, 0.1) is 10.1 Å². The van der Waals surface area contributed by atoms with Crippen molar-refractivity contribution in [2.75, 3.05) is 19.0 Å². The zero-order chi connectivity index (χ0) is 17.0. The fourth-order valence-corrected chi connectivity index (χ4v) is 2.18. The lowest BCUT2D eigenvalue weighted by Gasteiger charge is -2.13. The predicted molar refractivity (Wildman–Crippen MR) is 92.2 cm³/mol. The fraction of sp³-hybridized carbons (Fsp3) is 0.118. The van der Waals surface area contributed by atoms with Gasteiger partial charge in [-0.15, -0.1) is 0 Å². The van der Waals surface area contributed by atoms with Crippen molar-refractivity contribution in [1.29, 1.82) is 0 Å². The number of halogens is 1. The average Bonchev–Trinajstić information content (AvgIpc) is 2.53. The highest BCUT2D eigenvalue weighted by Crippen LogP contribution is 2.24. The van der Waals surface area contributed by atoms with Gasteiger partial charge < -0.3 is 4.90 Å². The average molecular weight is 331 g/mol. The largest absolute Gasteiger partial charge is 0.378 e. The molecule has 0 saturated heterocycles. The van der Waals surface area contributed by atoms with Gasteiger partial charge in [0.15, 0.2) is 5.78 Å². The number of anilines is 1. The molecule has 0 N–H and O–H groups in total. The van der Waals surface area contributed by atoms with Gasteiger partial charge in [-0.2, -0.15) is 0 Å². The summed E-state index contributed by atoms with van der Waals surface area (Å²) in [6, 6.07) is 11.0. The molecule has 0 aliphatic heterocycles. The predicted octanol–water partition coefficient (Wildman–Crippen LogP) is 4.21. The molecule has 0 bridgehead atoms. The normalized spacial score (nSPS) is 10.7. The number of allylic oxidation sites excluding steroid dienone is 1. The molecule has 118 valence electrons. The number of rotatable bonds is 5. The Bertz CT molecular complexity index is 768. The monoisotopic (exact) mass is 330 g/mol. The second-order valence-electron chi connectivity index (χ2n) is 5.10. The maximum atomic E-state index is 12.1. The number of benzene rings is 2. The number of nitro benzene ring substituents is 1.